The topological polar surface area (TPSA) is 15.3 Å². The van der Waals surface area contributed by atoms with Crippen LogP contribution in [0, 0.1) is 0 Å². The first-order valence-electron chi connectivity index (χ1n) is 6.67. The Balaban J connectivity index is 2.06. The zero-order valence-corrected chi connectivity index (χ0v) is 12.7. The van der Waals surface area contributed by atoms with Crippen LogP contribution in [0.1, 0.15) is 22.9 Å². The summed E-state index contributed by atoms with van der Waals surface area (Å²) in [5.41, 5.74) is 2.62. The van der Waals surface area contributed by atoms with Crippen LogP contribution in [-0.2, 0) is 6.42 Å². The number of anilines is 1. The third-order valence-electron chi connectivity index (χ3n) is 3.40. The van der Waals surface area contributed by atoms with Crippen LogP contribution in [0.2, 0.25) is 0 Å². The predicted molar refractivity (Wildman–Crippen MR) is 85.2 cm³/mol. The molecule has 1 aromatic heterocycles. The van der Waals surface area contributed by atoms with E-state index in [0.717, 1.165) is 12.8 Å². The minimum atomic E-state index is 0.419. The van der Waals surface area contributed by atoms with E-state index in [1.165, 1.54) is 16.1 Å². The number of nitrogens with one attached hydrogen (secondary N) is 1. The van der Waals surface area contributed by atoms with Crippen molar-refractivity contribution in [1.82, 2.24) is 5.32 Å². The zero-order valence-electron chi connectivity index (χ0n) is 11.9. The van der Waals surface area contributed by atoms with E-state index < -0.39 is 0 Å². The van der Waals surface area contributed by atoms with Crippen LogP contribution in [0.3, 0.4) is 0 Å². The van der Waals surface area contributed by atoms with Gasteiger partial charge in [0.1, 0.15) is 0 Å². The van der Waals surface area contributed by atoms with Crippen molar-refractivity contribution in [2.24, 2.45) is 0 Å². The Morgan fingerprint density at radius 2 is 2.05 bits per heavy atom. The molecule has 0 bridgehead atoms. The number of nitrogens with zero attached hydrogens (tertiary/aromatic N) is 1. The minimum Gasteiger partial charge on any atom is -0.378 e. The van der Waals surface area contributed by atoms with Gasteiger partial charge in [-0.3, -0.25) is 0 Å². The summed E-state index contributed by atoms with van der Waals surface area (Å²) in [7, 11) is 6.21. The molecule has 0 saturated carbocycles. The first-order valence-corrected chi connectivity index (χ1v) is 7.55. The van der Waals surface area contributed by atoms with Crippen molar-refractivity contribution in [2.45, 2.75) is 18.9 Å². The molecule has 1 N–H and O–H groups in total. The summed E-state index contributed by atoms with van der Waals surface area (Å²) in [4.78, 5) is 3.61. The molecule has 102 valence electrons. The Bertz CT molecular complexity index is 491. The molecule has 2 aromatic rings. The average molecular weight is 274 g/mol. The van der Waals surface area contributed by atoms with Crippen LogP contribution in [0.4, 0.5) is 5.69 Å². The molecular weight excluding hydrogens is 252 g/mol. The van der Waals surface area contributed by atoms with Crippen LogP contribution in [0.15, 0.2) is 41.8 Å². The number of aryl methyl sites for hydroxylation is 1. The van der Waals surface area contributed by atoms with E-state index in [1.54, 1.807) is 0 Å². The Morgan fingerprint density at radius 3 is 2.68 bits per heavy atom. The Hall–Kier alpha value is -1.32. The maximum Gasteiger partial charge on any atom is 0.0364 e. The van der Waals surface area contributed by atoms with Gasteiger partial charge in [0.15, 0.2) is 0 Å². The normalized spacial score (nSPS) is 12.4. The van der Waals surface area contributed by atoms with Gasteiger partial charge in [0.05, 0.1) is 0 Å². The van der Waals surface area contributed by atoms with Crippen molar-refractivity contribution in [1.29, 1.82) is 0 Å². The Labute approximate surface area is 120 Å². The molecule has 2 rings (SSSR count). The summed E-state index contributed by atoms with van der Waals surface area (Å²) in [6.07, 6.45) is 2.27. The van der Waals surface area contributed by atoms with E-state index in [1.807, 2.05) is 18.4 Å². The molecule has 0 aliphatic rings. The highest BCUT2D eigenvalue weighted by Gasteiger charge is 2.10. The largest absolute Gasteiger partial charge is 0.378 e. The number of rotatable bonds is 6. The SMILES string of the molecule is CNC(CCc1cccs1)c1cccc(N(C)C)c1. The molecule has 0 aliphatic carbocycles. The molecule has 19 heavy (non-hydrogen) atoms. The van der Waals surface area contributed by atoms with Gasteiger partial charge in [-0.2, -0.15) is 0 Å². The van der Waals surface area contributed by atoms with Crippen molar-refractivity contribution < 1.29 is 0 Å². The maximum absolute atomic E-state index is 3.43. The molecule has 0 spiro atoms. The van der Waals surface area contributed by atoms with Crippen molar-refractivity contribution >= 4 is 17.0 Å². The first kappa shape index (κ1) is 14.1. The molecule has 1 atom stereocenters. The third-order valence-corrected chi connectivity index (χ3v) is 4.33. The number of benzene rings is 1. The lowest BCUT2D eigenvalue weighted by molar-refractivity contribution is 0.551. The lowest BCUT2D eigenvalue weighted by Crippen LogP contribution is -2.18. The first-order chi connectivity index (χ1) is 9.20. The van der Waals surface area contributed by atoms with Crippen LogP contribution in [-0.4, -0.2) is 21.1 Å². The molecule has 0 fully saturated rings. The lowest BCUT2D eigenvalue weighted by Gasteiger charge is -2.19. The highest BCUT2D eigenvalue weighted by Crippen LogP contribution is 2.24. The molecule has 0 saturated heterocycles. The van der Waals surface area contributed by atoms with Crippen LogP contribution in [0.5, 0.6) is 0 Å². The molecule has 0 radical (unpaired) electrons. The fraction of sp³-hybridized carbons (Fsp3) is 0.375. The molecule has 0 aliphatic heterocycles. The van der Waals surface area contributed by atoms with Gasteiger partial charge in [0.25, 0.3) is 0 Å². The highest BCUT2D eigenvalue weighted by molar-refractivity contribution is 7.09. The van der Waals surface area contributed by atoms with Crippen molar-refractivity contribution in [2.75, 3.05) is 26.0 Å². The lowest BCUT2D eigenvalue weighted by atomic mass is 10.0. The van der Waals surface area contributed by atoms with E-state index in [-0.39, 0.29) is 0 Å². The van der Waals surface area contributed by atoms with E-state index in [4.69, 9.17) is 0 Å². The number of hydrogen-bond donors (Lipinski definition) is 1. The quantitative estimate of drug-likeness (QED) is 0.864. The smallest absolute Gasteiger partial charge is 0.0364 e. The van der Waals surface area contributed by atoms with Crippen molar-refractivity contribution in [3.05, 3.63) is 52.2 Å². The van der Waals surface area contributed by atoms with Gasteiger partial charge in [-0.25, -0.2) is 0 Å². The molecular formula is C16H22N2S. The van der Waals surface area contributed by atoms with Crippen LogP contribution in [0.25, 0.3) is 0 Å². The molecule has 0 amide bonds. The second-order valence-corrected chi connectivity index (χ2v) is 5.98. The molecule has 1 unspecified atom stereocenters. The maximum atomic E-state index is 3.43. The Kier molecular flexibility index (Phi) is 5.00. The van der Waals surface area contributed by atoms with Crippen molar-refractivity contribution in [3.63, 3.8) is 0 Å². The summed E-state index contributed by atoms with van der Waals surface area (Å²) in [5.74, 6) is 0. The molecule has 3 heteroatoms. The molecule has 2 nitrogen and oxygen atoms in total. The van der Waals surface area contributed by atoms with E-state index in [0.29, 0.717) is 6.04 Å². The fourth-order valence-electron chi connectivity index (χ4n) is 2.24. The highest BCUT2D eigenvalue weighted by atomic mass is 32.1. The zero-order chi connectivity index (χ0) is 13.7. The van der Waals surface area contributed by atoms with Gasteiger partial charge in [-0.1, -0.05) is 18.2 Å². The van der Waals surface area contributed by atoms with Gasteiger partial charge in [-0.05, 0) is 49.0 Å². The molecule has 1 heterocycles. The van der Waals surface area contributed by atoms with Crippen LogP contribution >= 0.6 is 11.3 Å². The Morgan fingerprint density at radius 1 is 1.21 bits per heavy atom. The second-order valence-electron chi connectivity index (χ2n) is 4.95. The van der Waals surface area contributed by atoms with E-state index in [2.05, 4.69) is 66.1 Å². The summed E-state index contributed by atoms with van der Waals surface area (Å²) in [5, 5.41) is 5.58. The third kappa shape index (κ3) is 3.82. The number of hydrogen-bond acceptors (Lipinski definition) is 3. The summed E-state index contributed by atoms with van der Waals surface area (Å²) < 4.78 is 0. The van der Waals surface area contributed by atoms with Gasteiger partial charge in [-0.15, -0.1) is 11.3 Å². The van der Waals surface area contributed by atoms with Gasteiger partial charge < -0.3 is 10.2 Å². The summed E-state index contributed by atoms with van der Waals surface area (Å²) in [6.45, 7) is 0. The predicted octanol–water partition coefficient (Wildman–Crippen LogP) is 3.71. The van der Waals surface area contributed by atoms with Gasteiger partial charge in [0.2, 0.25) is 0 Å². The van der Waals surface area contributed by atoms with Gasteiger partial charge >= 0.3 is 0 Å². The number of thiophene rings is 1. The van der Waals surface area contributed by atoms with Crippen LogP contribution < -0.4 is 10.2 Å². The monoisotopic (exact) mass is 274 g/mol. The van der Waals surface area contributed by atoms with Gasteiger partial charge in [0, 0.05) is 30.7 Å². The summed E-state index contributed by atoms with van der Waals surface area (Å²) >= 11 is 1.84. The minimum absolute atomic E-state index is 0.419. The van der Waals surface area contributed by atoms with E-state index >= 15 is 0 Å². The fourth-order valence-corrected chi connectivity index (χ4v) is 2.96. The molecule has 1 aromatic carbocycles. The van der Waals surface area contributed by atoms with Crippen molar-refractivity contribution in [3.8, 4) is 0 Å². The second kappa shape index (κ2) is 6.73. The standard InChI is InChI=1S/C16H22N2S/c1-17-16(10-9-15-8-5-11-19-15)13-6-4-7-14(12-13)18(2)3/h4-8,11-12,16-17H,9-10H2,1-3H3. The average Bonchev–Trinajstić information content (AvgIpc) is 2.93. The summed E-state index contributed by atoms with van der Waals surface area (Å²) in [6, 6.07) is 13.5. The van der Waals surface area contributed by atoms with E-state index in [9.17, 15) is 0 Å².